The lowest BCUT2D eigenvalue weighted by Crippen LogP contribution is -2.29. The Labute approximate surface area is 157 Å². The zero-order valence-corrected chi connectivity index (χ0v) is 15.6. The lowest BCUT2D eigenvalue weighted by atomic mass is 10.1. The van der Waals surface area contributed by atoms with Crippen LogP contribution in [0.5, 0.6) is 5.75 Å². The van der Waals surface area contributed by atoms with Crippen LogP contribution in [0.1, 0.15) is 21.6 Å². The van der Waals surface area contributed by atoms with Crippen molar-refractivity contribution < 1.29 is 9.53 Å². The molecule has 0 unspecified atom stereocenters. The van der Waals surface area contributed by atoms with E-state index in [4.69, 9.17) is 17.0 Å². The minimum absolute atomic E-state index is 0.203. The number of carbonyl (C=O) groups excluding carboxylic acids is 1. The molecule has 2 N–H and O–H groups in total. The molecular weight excluding hydrogens is 346 g/mol. The molecular formula is C20H21N3O2S. The number of ether oxygens (including phenoxy) is 1. The van der Waals surface area contributed by atoms with Crippen LogP contribution in [0.25, 0.3) is 5.69 Å². The van der Waals surface area contributed by atoms with Crippen LogP contribution in [0, 0.1) is 18.6 Å². The van der Waals surface area contributed by atoms with Crippen molar-refractivity contribution in [2.24, 2.45) is 0 Å². The first kappa shape index (κ1) is 17.9. The van der Waals surface area contributed by atoms with Gasteiger partial charge in [-0.1, -0.05) is 35.9 Å². The van der Waals surface area contributed by atoms with Crippen molar-refractivity contribution in [3.63, 3.8) is 0 Å². The molecule has 0 atom stereocenters. The van der Waals surface area contributed by atoms with E-state index in [0.29, 0.717) is 23.6 Å². The van der Waals surface area contributed by atoms with E-state index in [-0.39, 0.29) is 5.91 Å². The standard InChI is InChI=1S/C20H21N3O2S/c1-14-8-9-18(15(2)12-14)25-11-10-21-19(24)17-13-22-20(26)23(17)16-6-4-3-5-7-16/h3-9,12-13H,10-11H2,1-2H3,(H,21,24)(H,22,26). The topological polar surface area (TPSA) is 59.0 Å². The zero-order valence-electron chi connectivity index (χ0n) is 14.8. The van der Waals surface area contributed by atoms with E-state index < -0.39 is 0 Å². The molecule has 3 aromatic rings. The average molecular weight is 367 g/mol. The second-order valence-electron chi connectivity index (χ2n) is 6.02. The molecule has 6 heteroatoms. The van der Waals surface area contributed by atoms with Gasteiger partial charge in [0.1, 0.15) is 18.1 Å². The lowest BCUT2D eigenvalue weighted by Gasteiger charge is -2.11. The maximum absolute atomic E-state index is 12.5. The van der Waals surface area contributed by atoms with Crippen LogP contribution in [0.3, 0.4) is 0 Å². The number of benzene rings is 2. The van der Waals surface area contributed by atoms with Crippen LogP contribution in [0.4, 0.5) is 0 Å². The number of hydrogen-bond acceptors (Lipinski definition) is 3. The highest BCUT2D eigenvalue weighted by Crippen LogP contribution is 2.18. The molecule has 1 amide bonds. The summed E-state index contributed by atoms with van der Waals surface area (Å²) in [5, 5.41) is 2.87. The number of nitrogens with one attached hydrogen (secondary N) is 2. The van der Waals surface area contributed by atoms with Gasteiger partial charge in [0, 0.05) is 11.9 Å². The molecule has 3 rings (SSSR count). The van der Waals surface area contributed by atoms with Gasteiger partial charge in [0.25, 0.3) is 5.91 Å². The molecule has 0 fully saturated rings. The summed E-state index contributed by atoms with van der Waals surface area (Å²) in [6.07, 6.45) is 1.62. The van der Waals surface area contributed by atoms with Gasteiger partial charge in [-0.15, -0.1) is 0 Å². The molecule has 0 aliphatic heterocycles. The number of aromatic nitrogens is 2. The molecule has 5 nitrogen and oxygen atoms in total. The third kappa shape index (κ3) is 4.03. The van der Waals surface area contributed by atoms with Crippen LogP contribution in [-0.2, 0) is 0 Å². The fraction of sp³-hybridized carbons (Fsp3) is 0.200. The zero-order chi connectivity index (χ0) is 18.5. The highest BCUT2D eigenvalue weighted by molar-refractivity contribution is 7.71. The van der Waals surface area contributed by atoms with Gasteiger partial charge in [0.2, 0.25) is 0 Å². The van der Waals surface area contributed by atoms with E-state index in [1.807, 2.05) is 56.3 Å². The normalized spacial score (nSPS) is 10.5. The van der Waals surface area contributed by atoms with Crippen LogP contribution in [0.2, 0.25) is 0 Å². The van der Waals surface area contributed by atoms with Crippen molar-refractivity contribution in [1.29, 1.82) is 0 Å². The van der Waals surface area contributed by atoms with Gasteiger partial charge in [0.15, 0.2) is 4.77 Å². The first-order valence-electron chi connectivity index (χ1n) is 8.40. The summed E-state index contributed by atoms with van der Waals surface area (Å²) in [5.41, 5.74) is 3.59. The van der Waals surface area contributed by atoms with Crippen LogP contribution in [0.15, 0.2) is 54.7 Å². The van der Waals surface area contributed by atoms with Gasteiger partial charge < -0.3 is 15.0 Å². The second-order valence-corrected chi connectivity index (χ2v) is 6.41. The largest absolute Gasteiger partial charge is 0.491 e. The Bertz CT molecular complexity index is 961. The van der Waals surface area contributed by atoms with E-state index in [2.05, 4.69) is 16.4 Å². The fourth-order valence-electron chi connectivity index (χ4n) is 2.75. The van der Waals surface area contributed by atoms with Gasteiger partial charge in [-0.25, -0.2) is 0 Å². The molecule has 0 saturated carbocycles. The van der Waals surface area contributed by atoms with Crippen LogP contribution >= 0.6 is 12.2 Å². The van der Waals surface area contributed by atoms with E-state index in [1.165, 1.54) is 5.56 Å². The first-order valence-corrected chi connectivity index (χ1v) is 8.81. The van der Waals surface area contributed by atoms with E-state index in [0.717, 1.165) is 17.0 Å². The lowest BCUT2D eigenvalue weighted by molar-refractivity contribution is 0.0940. The minimum atomic E-state index is -0.203. The molecule has 2 aromatic carbocycles. The Balaban J connectivity index is 1.62. The summed E-state index contributed by atoms with van der Waals surface area (Å²) < 4.78 is 7.95. The number of amides is 1. The second kappa shape index (κ2) is 8.01. The van der Waals surface area contributed by atoms with E-state index in [1.54, 1.807) is 10.8 Å². The number of nitrogens with zero attached hydrogens (tertiary/aromatic N) is 1. The monoisotopic (exact) mass is 367 g/mol. The van der Waals surface area contributed by atoms with E-state index >= 15 is 0 Å². The summed E-state index contributed by atoms with van der Waals surface area (Å²) in [7, 11) is 0. The first-order chi connectivity index (χ1) is 12.6. The van der Waals surface area contributed by atoms with Crippen molar-refractivity contribution in [2.75, 3.05) is 13.2 Å². The summed E-state index contributed by atoms with van der Waals surface area (Å²) in [6.45, 7) is 4.85. The third-order valence-electron chi connectivity index (χ3n) is 4.00. The Morgan fingerprint density at radius 3 is 2.69 bits per heavy atom. The quantitative estimate of drug-likeness (QED) is 0.512. The van der Waals surface area contributed by atoms with Crippen molar-refractivity contribution in [3.05, 3.63) is 76.3 Å². The highest BCUT2D eigenvalue weighted by Gasteiger charge is 2.13. The van der Waals surface area contributed by atoms with Gasteiger partial charge >= 0.3 is 0 Å². The predicted molar refractivity (Wildman–Crippen MR) is 105 cm³/mol. The number of aryl methyl sites for hydroxylation is 2. The maximum atomic E-state index is 12.5. The number of carbonyl (C=O) groups is 1. The van der Waals surface area contributed by atoms with Crippen molar-refractivity contribution in [1.82, 2.24) is 14.9 Å². The van der Waals surface area contributed by atoms with Crippen molar-refractivity contribution in [3.8, 4) is 11.4 Å². The van der Waals surface area contributed by atoms with Crippen molar-refractivity contribution in [2.45, 2.75) is 13.8 Å². The van der Waals surface area contributed by atoms with Gasteiger partial charge in [-0.05, 0) is 49.8 Å². The van der Waals surface area contributed by atoms with Gasteiger partial charge in [-0.2, -0.15) is 0 Å². The maximum Gasteiger partial charge on any atom is 0.269 e. The predicted octanol–water partition coefficient (Wildman–Crippen LogP) is 3.96. The molecule has 1 aromatic heterocycles. The molecule has 0 bridgehead atoms. The summed E-state index contributed by atoms with van der Waals surface area (Å²) >= 11 is 5.30. The molecule has 26 heavy (non-hydrogen) atoms. The van der Waals surface area contributed by atoms with Gasteiger partial charge in [0.05, 0.1) is 6.54 Å². The number of aromatic amines is 1. The van der Waals surface area contributed by atoms with Crippen molar-refractivity contribution >= 4 is 18.1 Å². The number of hydrogen-bond donors (Lipinski definition) is 2. The molecule has 0 radical (unpaired) electrons. The van der Waals surface area contributed by atoms with Crippen LogP contribution < -0.4 is 10.1 Å². The molecule has 0 saturated heterocycles. The Hall–Kier alpha value is -2.86. The Kier molecular flexibility index (Phi) is 5.53. The smallest absolute Gasteiger partial charge is 0.269 e. The molecule has 1 heterocycles. The molecule has 0 spiro atoms. The SMILES string of the molecule is Cc1ccc(OCCNC(=O)c2c[nH]c(=S)n2-c2ccccc2)c(C)c1. The fourth-order valence-corrected chi connectivity index (χ4v) is 3.01. The summed E-state index contributed by atoms with van der Waals surface area (Å²) in [4.78, 5) is 15.5. The Morgan fingerprint density at radius 2 is 1.96 bits per heavy atom. The molecule has 0 aliphatic rings. The molecule has 134 valence electrons. The average Bonchev–Trinajstić information content (AvgIpc) is 3.02. The number of rotatable bonds is 6. The number of H-pyrrole nitrogens is 1. The summed E-state index contributed by atoms with van der Waals surface area (Å²) in [6, 6.07) is 15.6. The highest BCUT2D eigenvalue weighted by atomic mass is 32.1. The minimum Gasteiger partial charge on any atom is -0.491 e. The van der Waals surface area contributed by atoms with E-state index in [9.17, 15) is 4.79 Å². The number of imidazole rings is 1. The number of para-hydroxylation sites is 1. The molecule has 0 aliphatic carbocycles. The Morgan fingerprint density at radius 1 is 1.19 bits per heavy atom. The summed E-state index contributed by atoms with van der Waals surface area (Å²) in [5.74, 6) is 0.629. The van der Waals surface area contributed by atoms with Gasteiger partial charge in [-0.3, -0.25) is 9.36 Å². The van der Waals surface area contributed by atoms with Crippen LogP contribution in [-0.4, -0.2) is 28.6 Å². The third-order valence-corrected chi connectivity index (χ3v) is 4.30.